The quantitative estimate of drug-likeness (QED) is 0.286. The maximum atomic E-state index is 9.08. The zero-order valence-corrected chi connectivity index (χ0v) is 8.90. The standard InChI is InChI=1S/2CH4O3S.2Li/c2*1-5(2,3)4;;/h2*1H3,(H,2,3,4);;/q;;2*+1/p-2. The monoisotopic (exact) mass is 204 g/mol. The van der Waals surface area contributed by atoms with Crippen LogP contribution < -0.4 is 37.7 Å². The van der Waals surface area contributed by atoms with Gasteiger partial charge in [0, 0.05) is 12.5 Å². The van der Waals surface area contributed by atoms with Crippen molar-refractivity contribution < 1.29 is 63.7 Å². The molecule has 0 aliphatic carbocycles. The molecule has 0 aromatic carbocycles. The Hall–Kier alpha value is 1.01. The summed E-state index contributed by atoms with van der Waals surface area (Å²) >= 11 is 0. The fourth-order valence-electron chi connectivity index (χ4n) is 0. The third kappa shape index (κ3) is 1070. The molecular formula is C2H6Li2O6S2. The third-order valence-corrected chi connectivity index (χ3v) is 0. The van der Waals surface area contributed by atoms with Gasteiger partial charge in [0.25, 0.3) is 0 Å². The van der Waals surface area contributed by atoms with Gasteiger partial charge in [-0.15, -0.1) is 0 Å². The Morgan fingerprint density at radius 2 is 0.750 bits per heavy atom. The molecule has 0 heterocycles. The molecular weight excluding hydrogens is 198 g/mol. The van der Waals surface area contributed by atoms with E-state index in [2.05, 4.69) is 0 Å². The van der Waals surface area contributed by atoms with Crippen molar-refractivity contribution in [2.75, 3.05) is 12.5 Å². The summed E-state index contributed by atoms with van der Waals surface area (Å²) in [6.07, 6.45) is 1.21. The minimum atomic E-state index is -3.92. The van der Waals surface area contributed by atoms with Crippen LogP contribution in [0, 0.1) is 0 Å². The molecule has 64 valence electrons. The maximum Gasteiger partial charge on any atom is 1.00 e. The van der Waals surface area contributed by atoms with Crippen LogP contribution in [0.1, 0.15) is 0 Å². The Kier molecular flexibility index (Phi) is 16.6. The van der Waals surface area contributed by atoms with Crippen molar-refractivity contribution in [2.45, 2.75) is 0 Å². The largest absolute Gasteiger partial charge is 1.00 e. The normalized spacial score (nSPS) is 9.67. The molecule has 12 heavy (non-hydrogen) atoms. The number of hydrogen-bond donors (Lipinski definition) is 0. The Morgan fingerprint density at radius 1 is 0.750 bits per heavy atom. The van der Waals surface area contributed by atoms with E-state index in [-0.39, 0.29) is 37.7 Å². The van der Waals surface area contributed by atoms with Crippen LogP contribution in [-0.2, 0) is 20.2 Å². The van der Waals surface area contributed by atoms with Gasteiger partial charge in [-0.05, 0) is 0 Å². The van der Waals surface area contributed by atoms with Crippen molar-refractivity contribution in [3.63, 3.8) is 0 Å². The second-order valence-corrected chi connectivity index (χ2v) is 4.22. The summed E-state index contributed by atoms with van der Waals surface area (Å²) in [6, 6.07) is 0. The Labute approximate surface area is 96.0 Å². The van der Waals surface area contributed by atoms with Crippen LogP contribution in [0.25, 0.3) is 0 Å². The van der Waals surface area contributed by atoms with E-state index in [1.165, 1.54) is 0 Å². The molecule has 0 fully saturated rings. The van der Waals surface area contributed by atoms with Gasteiger partial charge in [0.05, 0.1) is 20.2 Å². The van der Waals surface area contributed by atoms with Crippen molar-refractivity contribution in [3.8, 4) is 0 Å². The van der Waals surface area contributed by atoms with E-state index in [1.54, 1.807) is 0 Å². The van der Waals surface area contributed by atoms with Crippen molar-refractivity contribution in [1.29, 1.82) is 0 Å². The van der Waals surface area contributed by atoms with Crippen LogP contribution in [-0.4, -0.2) is 38.5 Å². The molecule has 0 aromatic rings. The van der Waals surface area contributed by atoms with Gasteiger partial charge in [-0.1, -0.05) is 0 Å². The number of rotatable bonds is 0. The summed E-state index contributed by atoms with van der Waals surface area (Å²) in [5, 5.41) is 0. The van der Waals surface area contributed by atoms with Crippen LogP contribution in [0.5, 0.6) is 0 Å². The Bertz CT molecular complexity index is 218. The summed E-state index contributed by atoms with van der Waals surface area (Å²) in [6.45, 7) is 0. The van der Waals surface area contributed by atoms with Gasteiger partial charge in [-0.3, -0.25) is 0 Å². The molecule has 0 N–H and O–H groups in total. The second-order valence-electron chi connectivity index (χ2n) is 1.41. The average molecular weight is 204 g/mol. The first-order chi connectivity index (χ1) is 4.00. The maximum absolute atomic E-state index is 9.08. The van der Waals surface area contributed by atoms with Crippen molar-refractivity contribution in [3.05, 3.63) is 0 Å². The zero-order valence-electron chi connectivity index (χ0n) is 7.27. The number of hydrogen-bond acceptors (Lipinski definition) is 6. The van der Waals surface area contributed by atoms with Crippen LogP contribution in [0.15, 0.2) is 0 Å². The minimum absolute atomic E-state index is 0. The second kappa shape index (κ2) is 8.61. The van der Waals surface area contributed by atoms with Crippen LogP contribution in [0.4, 0.5) is 0 Å². The Balaban J connectivity index is -0.0000000457. The summed E-state index contributed by atoms with van der Waals surface area (Å²) < 4.78 is 54.5. The minimum Gasteiger partial charge on any atom is -0.748 e. The van der Waals surface area contributed by atoms with Gasteiger partial charge >= 0.3 is 37.7 Å². The van der Waals surface area contributed by atoms with Crippen LogP contribution in [0.2, 0.25) is 0 Å². The van der Waals surface area contributed by atoms with Crippen molar-refractivity contribution in [1.82, 2.24) is 0 Å². The Morgan fingerprint density at radius 3 is 0.750 bits per heavy atom. The van der Waals surface area contributed by atoms with Gasteiger partial charge in [0.1, 0.15) is 0 Å². The molecule has 0 bridgehead atoms. The van der Waals surface area contributed by atoms with E-state index in [4.69, 9.17) is 25.9 Å². The molecule has 10 heteroatoms. The van der Waals surface area contributed by atoms with Crippen LogP contribution in [0.3, 0.4) is 0 Å². The van der Waals surface area contributed by atoms with E-state index >= 15 is 0 Å². The van der Waals surface area contributed by atoms with Crippen molar-refractivity contribution >= 4 is 20.2 Å². The topological polar surface area (TPSA) is 114 Å². The first-order valence-corrected chi connectivity index (χ1v) is 5.45. The molecule has 0 spiro atoms. The molecule has 0 amide bonds. The molecule has 0 unspecified atom stereocenters. The van der Waals surface area contributed by atoms with E-state index in [1.807, 2.05) is 0 Å². The molecule has 0 rings (SSSR count). The smallest absolute Gasteiger partial charge is 0.748 e. The van der Waals surface area contributed by atoms with Gasteiger partial charge in [-0.2, -0.15) is 0 Å². The van der Waals surface area contributed by atoms with E-state index in [0.29, 0.717) is 12.5 Å². The molecule has 0 aliphatic rings. The molecule has 0 aromatic heterocycles. The van der Waals surface area contributed by atoms with E-state index in [0.717, 1.165) is 0 Å². The molecule has 0 radical (unpaired) electrons. The van der Waals surface area contributed by atoms with Gasteiger partial charge in [0.15, 0.2) is 0 Å². The van der Waals surface area contributed by atoms with Crippen molar-refractivity contribution in [2.24, 2.45) is 0 Å². The van der Waals surface area contributed by atoms with Gasteiger partial charge in [-0.25, -0.2) is 16.8 Å². The summed E-state index contributed by atoms with van der Waals surface area (Å²) in [5.41, 5.74) is 0. The molecule has 6 nitrogen and oxygen atoms in total. The van der Waals surface area contributed by atoms with E-state index < -0.39 is 20.2 Å². The van der Waals surface area contributed by atoms with Crippen LogP contribution >= 0.6 is 0 Å². The molecule has 0 saturated carbocycles. The average Bonchev–Trinajstić information content (AvgIpc) is 1.12. The molecule has 0 atom stereocenters. The zero-order chi connectivity index (χ0) is 9.00. The fourth-order valence-corrected chi connectivity index (χ4v) is 0. The summed E-state index contributed by atoms with van der Waals surface area (Å²) in [4.78, 5) is 0. The first-order valence-electron chi connectivity index (χ1n) is 1.82. The molecule has 0 saturated heterocycles. The fraction of sp³-hybridized carbons (Fsp3) is 1.00. The third-order valence-electron chi connectivity index (χ3n) is 0. The predicted octanol–water partition coefficient (Wildman–Crippen LogP) is -7.67. The van der Waals surface area contributed by atoms with Gasteiger partial charge < -0.3 is 9.11 Å². The van der Waals surface area contributed by atoms with Gasteiger partial charge in [0.2, 0.25) is 0 Å². The summed E-state index contributed by atoms with van der Waals surface area (Å²) in [7, 11) is -7.83. The SMILES string of the molecule is CS(=O)(=O)[O-].CS(=O)(=O)[O-].[Li+].[Li+]. The predicted molar refractivity (Wildman–Crippen MR) is 31.2 cm³/mol. The summed E-state index contributed by atoms with van der Waals surface area (Å²) in [5.74, 6) is 0. The first kappa shape index (κ1) is 23.1. The van der Waals surface area contributed by atoms with E-state index in [9.17, 15) is 0 Å². The molecule has 0 aliphatic heterocycles.